The van der Waals surface area contributed by atoms with Crippen LogP contribution in [0.5, 0.6) is 0 Å². The van der Waals surface area contributed by atoms with Crippen LogP contribution in [0, 0.1) is 18.3 Å². The van der Waals surface area contributed by atoms with E-state index in [9.17, 15) is 18.5 Å². The maximum absolute atomic E-state index is 13.5. The molecule has 3 heterocycles. The van der Waals surface area contributed by atoms with E-state index in [1.54, 1.807) is 33.7 Å². The molecule has 3 aromatic heterocycles. The summed E-state index contributed by atoms with van der Waals surface area (Å²) in [5.74, 6) is 0. The summed E-state index contributed by atoms with van der Waals surface area (Å²) >= 11 is 0. The van der Waals surface area contributed by atoms with Gasteiger partial charge in [0, 0.05) is 29.9 Å². The van der Waals surface area contributed by atoms with Gasteiger partial charge in [0.1, 0.15) is 0 Å². The van der Waals surface area contributed by atoms with Crippen molar-refractivity contribution in [2.45, 2.75) is 44.6 Å². The van der Waals surface area contributed by atoms with Gasteiger partial charge in [-0.05, 0) is 81.3 Å². The summed E-state index contributed by atoms with van der Waals surface area (Å²) in [7, 11) is -4.02. The zero-order chi connectivity index (χ0) is 31.6. The first-order chi connectivity index (χ1) is 20.9. The van der Waals surface area contributed by atoms with E-state index in [1.165, 1.54) is 12.1 Å². The summed E-state index contributed by atoms with van der Waals surface area (Å²) in [5.41, 5.74) is 6.36. The Morgan fingerprint density at radius 1 is 0.955 bits per heavy atom. The minimum atomic E-state index is -4.02. The van der Waals surface area contributed by atoms with Crippen LogP contribution in [0.1, 0.15) is 31.9 Å². The van der Waals surface area contributed by atoms with E-state index in [4.69, 9.17) is 4.55 Å². The molecule has 0 unspecified atom stereocenters. The fourth-order valence-electron chi connectivity index (χ4n) is 4.98. The molecule has 0 radical (unpaired) electrons. The van der Waals surface area contributed by atoms with Crippen LogP contribution in [0.3, 0.4) is 0 Å². The molecule has 0 bridgehead atoms. The Morgan fingerprint density at radius 3 is 2.25 bits per heavy atom. The molecule has 0 saturated heterocycles. The highest BCUT2D eigenvalue weighted by molar-refractivity contribution is 7.85. The van der Waals surface area contributed by atoms with Gasteiger partial charge < -0.3 is 0 Å². The summed E-state index contributed by atoms with van der Waals surface area (Å²) in [6.07, 6.45) is 5.35. The number of fused-ring (bicyclic) bond motifs is 3. The predicted octanol–water partition coefficient (Wildman–Crippen LogP) is 6.47. The van der Waals surface area contributed by atoms with E-state index >= 15 is 0 Å². The monoisotopic (exact) mass is 605 g/mol. The van der Waals surface area contributed by atoms with Crippen molar-refractivity contribution in [2.24, 2.45) is 0 Å². The number of benzene rings is 3. The topological polar surface area (TPSA) is 131 Å². The number of nitrogens with zero attached hydrogens (tertiary/aromatic N) is 5. The molecule has 0 fully saturated rings. The highest BCUT2D eigenvalue weighted by atomic mass is 32.2. The summed E-state index contributed by atoms with van der Waals surface area (Å²) in [6, 6.07) is 26.0. The highest BCUT2D eigenvalue weighted by Crippen LogP contribution is 2.30. The van der Waals surface area contributed by atoms with Gasteiger partial charge in [0.2, 0.25) is 0 Å². The van der Waals surface area contributed by atoms with E-state index in [2.05, 4.69) is 22.1 Å². The summed E-state index contributed by atoms with van der Waals surface area (Å²) in [6.45, 7) is 8.11. The molecule has 222 valence electrons. The number of rotatable bonds is 5. The van der Waals surface area contributed by atoms with Gasteiger partial charge in [-0.1, -0.05) is 42.0 Å². The lowest BCUT2D eigenvalue weighted by molar-refractivity contribution is 0.483. The zero-order valence-corrected chi connectivity index (χ0v) is 25.6. The van der Waals surface area contributed by atoms with Gasteiger partial charge in [0.25, 0.3) is 10.1 Å². The first-order valence-corrected chi connectivity index (χ1v) is 15.4. The number of nitriles is 1. The molecular formula is C34H31N5O4S. The molecule has 10 heteroatoms. The third kappa shape index (κ3) is 5.88. The molecule has 44 heavy (non-hydrogen) atoms. The van der Waals surface area contributed by atoms with Crippen LogP contribution < -0.4 is 5.69 Å². The van der Waals surface area contributed by atoms with Crippen LogP contribution in [-0.4, -0.2) is 32.1 Å². The van der Waals surface area contributed by atoms with Gasteiger partial charge in [-0.25, -0.2) is 4.79 Å². The van der Waals surface area contributed by atoms with Crippen LogP contribution in [0.15, 0.2) is 107 Å². The number of imidazole rings is 1. The van der Waals surface area contributed by atoms with Gasteiger partial charge in [-0.3, -0.25) is 23.7 Å². The molecule has 0 aliphatic heterocycles. The van der Waals surface area contributed by atoms with Crippen molar-refractivity contribution in [1.29, 1.82) is 5.26 Å². The van der Waals surface area contributed by atoms with E-state index in [0.29, 0.717) is 6.54 Å². The van der Waals surface area contributed by atoms with Crippen molar-refractivity contribution >= 4 is 32.1 Å². The lowest BCUT2D eigenvalue weighted by atomic mass is 9.86. The molecular weight excluding hydrogens is 574 g/mol. The third-order valence-corrected chi connectivity index (χ3v) is 8.38. The van der Waals surface area contributed by atoms with Gasteiger partial charge in [-0.15, -0.1) is 0 Å². The number of hydrogen-bond donors (Lipinski definition) is 1. The minimum absolute atomic E-state index is 0.0666. The lowest BCUT2D eigenvalue weighted by Crippen LogP contribution is -2.22. The van der Waals surface area contributed by atoms with Gasteiger partial charge in [0.05, 0.1) is 44.8 Å². The second-order valence-corrected chi connectivity index (χ2v) is 12.3. The molecule has 3 aromatic carbocycles. The van der Waals surface area contributed by atoms with E-state index in [1.807, 2.05) is 82.4 Å². The molecule has 0 atom stereocenters. The fraction of sp³-hybridized carbons (Fsp3) is 0.176. The maximum Gasteiger partial charge on any atom is 0.333 e. The van der Waals surface area contributed by atoms with Crippen molar-refractivity contribution in [3.63, 3.8) is 0 Å². The molecule has 6 rings (SSSR count). The SMILES string of the molecule is CCn1c(=O)n(-c2ccc(C(C)(C)C#N)cc2)c2c3cc(-c4cccnc4)ccc3ncc21.Cc1ccc(S(=O)(=O)O)cc1. The van der Waals surface area contributed by atoms with E-state index < -0.39 is 15.5 Å². The standard InChI is InChI=1S/C27H23N5O.C7H8O3S/c1-4-31-24-16-30-23-12-7-18(19-6-5-13-29-15-19)14-22(23)25(24)32(26(31)33)21-10-8-20(9-11-21)27(2,3)17-28;1-6-2-4-7(5-3-6)11(8,9)10/h5-16H,4H2,1-3H3;2-5H,1H3,(H,8,9,10). The zero-order valence-electron chi connectivity index (χ0n) is 24.8. The van der Waals surface area contributed by atoms with Crippen LogP contribution >= 0.6 is 0 Å². The second kappa shape index (κ2) is 11.9. The van der Waals surface area contributed by atoms with Crippen molar-refractivity contribution in [1.82, 2.24) is 19.1 Å². The van der Waals surface area contributed by atoms with Crippen LogP contribution in [0.25, 0.3) is 38.8 Å². The molecule has 0 aliphatic rings. The normalized spacial score (nSPS) is 11.6. The van der Waals surface area contributed by atoms with Gasteiger partial charge >= 0.3 is 5.69 Å². The minimum Gasteiger partial charge on any atom is -0.290 e. The van der Waals surface area contributed by atoms with Crippen molar-refractivity contribution < 1.29 is 13.0 Å². The molecule has 1 N–H and O–H groups in total. The molecule has 0 spiro atoms. The first kappa shape index (κ1) is 30.4. The summed E-state index contributed by atoms with van der Waals surface area (Å²) < 4.78 is 33.0. The molecule has 6 aromatic rings. The Bertz CT molecular complexity index is 2180. The molecule has 0 amide bonds. The largest absolute Gasteiger partial charge is 0.333 e. The smallest absolute Gasteiger partial charge is 0.290 e. The number of hydrogen-bond acceptors (Lipinski definition) is 6. The van der Waals surface area contributed by atoms with Crippen molar-refractivity contribution in [3.05, 3.63) is 119 Å². The molecule has 0 saturated carbocycles. The lowest BCUT2D eigenvalue weighted by Gasteiger charge is -2.16. The Labute approximate surface area is 255 Å². The van der Waals surface area contributed by atoms with Gasteiger partial charge in [0.15, 0.2) is 0 Å². The van der Waals surface area contributed by atoms with Crippen LogP contribution in [-0.2, 0) is 22.1 Å². The van der Waals surface area contributed by atoms with Crippen molar-refractivity contribution in [2.75, 3.05) is 0 Å². The first-order valence-electron chi connectivity index (χ1n) is 14.0. The van der Waals surface area contributed by atoms with Crippen LogP contribution in [0.4, 0.5) is 0 Å². The molecule has 9 nitrogen and oxygen atoms in total. The Hall–Kier alpha value is -5.11. The Balaban J connectivity index is 0.000000296. The second-order valence-electron chi connectivity index (χ2n) is 10.9. The summed E-state index contributed by atoms with van der Waals surface area (Å²) in [4.78, 5) is 22.3. The average Bonchev–Trinajstić information content (AvgIpc) is 3.32. The Morgan fingerprint density at radius 2 is 1.66 bits per heavy atom. The van der Waals surface area contributed by atoms with Crippen LogP contribution in [0.2, 0.25) is 0 Å². The van der Waals surface area contributed by atoms with E-state index in [0.717, 1.165) is 49.9 Å². The highest BCUT2D eigenvalue weighted by Gasteiger charge is 2.21. The number of aromatic nitrogens is 4. The predicted molar refractivity (Wildman–Crippen MR) is 171 cm³/mol. The molecule has 0 aliphatic carbocycles. The maximum atomic E-state index is 13.5. The fourth-order valence-corrected chi connectivity index (χ4v) is 5.46. The van der Waals surface area contributed by atoms with E-state index in [-0.39, 0.29) is 10.6 Å². The summed E-state index contributed by atoms with van der Waals surface area (Å²) in [5, 5.41) is 10.4. The quantitative estimate of drug-likeness (QED) is 0.223. The average molecular weight is 606 g/mol. The van der Waals surface area contributed by atoms with Crippen molar-refractivity contribution in [3.8, 4) is 22.9 Å². The number of aryl methyl sites for hydroxylation is 2. The third-order valence-electron chi connectivity index (χ3n) is 7.51. The number of pyridine rings is 2. The van der Waals surface area contributed by atoms with Gasteiger partial charge in [-0.2, -0.15) is 13.7 Å². The Kier molecular flexibility index (Phi) is 8.19.